The molecule has 0 unspecified atom stereocenters. The summed E-state index contributed by atoms with van der Waals surface area (Å²) in [6, 6.07) is 7.15. The lowest BCUT2D eigenvalue weighted by Gasteiger charge is -2.08. The summed E-state index contributed by atoms with van der Waals surface area (Å²) >= 11 is 1.25. The topological polar surface area (TPSA) is 77.1 Å². The number of carbonyl (C=O) groups is 1. The maximum atomic E-state index is 11.9. The summed E-state index contributed by atoms with van der Waals surface area (Å²) in [5, 5.41) is 2.78. The molecule has 0 fully saturated rings. The molecule has 0 saturated carbocycles. The minimum absolute atomic E-state index is 0.0395. The van der Waals surface area contributed by atoms with Crippen molar-refractivity contribution in [2.45, 2.75) is 33.2 Å². The van der Waals surface area contributed by atoms with Gasteiger partial charge in [-0.15, -0.1) is 0 Å². The molecule has 0 spiro atoms. The van der Waals surface area contributed by atoms with Crippen molar-refractivity contribution in [3.8, 4) is 0 Å². The molecule has 0 aliphatic heterocycles. The molecule has 5 nitrogen and oxygen atoms in total. The highest BCUT2D eigenvalue weighted by Gasteiger charge is 2.09. The highest BCUT2D eigenvalue weighted by atomic mass is 32.1. The van der Waals surface area contributed by atoms with Gasteiger partial charge in [0.05, 0.1) is 11.4 Å². The van der Waals surface area contributed by atoms with Crippen LogP contribution in [0.2, 0.25) is 0 Å². The predicted molar refractivity (Wildman–Crippen MR) is 86.8 cm³/mol. The van der Waals surface area contributed by atoms with Gasteiger partial charge in [0.25, 0.3) is 0 Å². The fourth-order valence-electron chi connectivity index (χ4n) is 2.07. The number of nitrogens with zero attached hydrogens (tertiary/aromatic N) is 1. The van der Waals surface area contributed by atoms with Gasteiger partial charge in [-0.05, 0) is 32.4 Å². The average molecular weight is 305 g/mol. The lowest BCUT2D eigenvalue weighted by atomic mass is 10.2. The van der Waals surface area contributed by atoms with Crippen LogP contribution >= 0.6 is 11.3 Å². The van der Waals surface area contributed by atoms with Gasteiger partial charge >= 0.3 is 4.87 Å². The van der Waals surface area contributed by atoms with Crippen LogP contribution in [0.15, 0.2) is 29.1 Å². The zero-order valence-corrected chi connectivity index (χ0v) is 13.0. The molecule has 1 aromatic carbocycles. The van der Waals surface area contributed by atoms with Crippen LogP contribution in [0.3, 0.4) is 0 Å². The Balaban J connectivity index is 1.88. The normalized spacial score (nSPS) is 10.6. The smallest absolute Gasteiger partial charge is 0.307 e. The van der Waals surface area contributed by atoms with Crippen LogP contribution in [0.4, 0.5) is 11.4 Å². The van der Waals surface area contributed by atoms with Crippen molar-refractivity contribution in [2.24, 2.45) is 0 Å². The molecule has 1 aromatic heterocycles. The molecular weight excluding hydrogens is 286 g/mol. The first kappa shape index (κ1) is 15.3. The van der Waals surface area contributed by atoms with Gasteiger partial charge in [-0.2, -0.15) is 0 Å². The SMILES string of the molecule is Cc1sc(=O)n(CCCC(=O)Nc2ccccc2N)c1C. The van der Waals surface area contributed by atoms with E-state index in [0.717, 1.165) is 10.6 Å². The van der Waals surface area contributed by atoms with Crippen LogP contribution in [-0.2, 0) is 11.3 Å². The van der Waals surface area contributed by atoms with E-state index in [2.05, 4.69) is 5.32 Å². The fourth-order valence-corrected chi connectivity index (χ4v) is 2.93. The fraction of sp³-hybridized carbons (Fsp3) is 0.333. The molecule has 21 heavy (non-hydrogen) atoms. The summed E-state index contributed by atoms with van der Waals surface area (Å²) in [4.78, 5) is 24.7. The van der Waals surface area contributed by atoms with E-state index in [4.69, 9.17) is 5.73 Å². The van der Waals surface area contributed by atoms with E-state index in [1.54, 1.807) is 16.7 Å². The lowest BCUT2D eigenvalue weighted by molar-refractivity contribution is -0.116. The van der Waals surface area contributed by atoms with Crippen LogP contribution in [0, 0.1) is 13.8 Å². The number of amides is 1. The highest BCUT2D eigenvalue weighted by Crippen LogP contribution is 2.17. The van der Waals surface area contributed by atoms with E-state index >= 15 is 0 Å². The first-order valence-corrected chi connectivity index (χ1v) is 7.62. The van der Waals surface area contributed by atoms with Crippen molar-refractivity contribution in [3.05, 3.63) is 44.5 Å². The van der Waals surface area contributed by atoms with Crippen molar-refractivity contribution in [1.29, 1.82) is 0 Å². The Labute approximate surface area is 127 Å². The van der Waals surface area contributed by atoms with Crippen LogP contribution in [0.5, 0.6) is 0 Å². The van der Waals surface area contributed by atoms with Crippen molar-refractivity contribution < 1.29 is 4.79 Å². The first-order chi connectivity index (χ1) is 9.99. The van der Waals surface area contributed by atoms with E-state index in [1.165, 1.54) is 11.3 Å². The quantitative estimate of drug-likeness (QED) is 0.833. The zero-order chi connectivity index (χ0) is 15.4. The van der Waals surface area contributed by atoms with E-state index in [-0.39, 0.29) is 10.8 Å². The lowest BCUT2D eigenvalue weighted by Crippen LogP contribution is -2.17. The van der Waals surface area contributed by atoms with E-state index < -0.39 is 0 Å². The maximum Gasteiger partial charge on any atom is 0.307 e. The minimum atomic E-state index is -0.0921. The highest BCUT2D eigenvalue weighted by molar-refractivity contribution is 7.09. The van der Waals surface area contributed by atoms with Crippen LogP contribution in [0.1, 0.15) is 23.4 Å². The molecule has 2 rings (SSSR count). The number of aromatic nitrogens is 1. The molecule has 1 amide bonds. The number of aryl methyl sites for hydroxylation is 1. The van der Waals surface area contributed by atoms with Gasteiger partial charge in [0.1, 0.15) is 0 Å². The number of nitrogen functional groups attached to an aromatic ring is 1. The average Bonchev–Trinajstić information content (AvgIpc) is 2.68. The Kier molecular flexibility index (Phi) is 4.80. The number of nitrogens with one attached hydrogen (secondary N) is 1. The molecule has 0 radical (unpaired) electrons. The van der Waals surface area contributed by atoms with Crippen molar-refractivity contribution in [1.82, 2.24) is 4.57 Å². The molecule has 0 atom stereocenters. The third-order valence-electron chi connectivity index (χ3n) is 3.40. The molecule has 6 heteroatoms. The zero-order valence-electron chi connectivity index (χ0n) is 12.2. The Morgan fingerprint density at radius 2 is 2.05 bits per heavy atom. The van der Waals surface area contributed by atoms with Gasteiger partial charge in [0, 0.05) is 23.5 Å². The number of hydrogen-bond acceptors (Lipinski definition) is 4. The number of benzene rings is 1. The van der Waals surface area contributed by atoms with Gasteiger partial charge < -0.3 is 15.6 Å². The number of thiazole rings is 1. The standard InChI is InChI=1S/C15H19N3O2S/c1-10-11(2)21-15(20)18(10)9-5-8-14(19)17-13-7-4-3-6-12(13)16/h3-4,6-7H,5,8-9,16H2,1-2H3,(H,17,19). The minimum Gasteiger partial charge on any atom is -0.397 e. The summed E-state index contributed by atoms with van der Waals surface area (Å²) in [6.07, 6.45) is 0.977. The molecule has 0 aliphatic carbocycles. The molecule has 112 valence electrons. The largest absolute Gasteiger partial charge is 0.397 e. The molecule has 0 saturated heterocycles. The monoisotopic (exact) mass is 305 g/mol. The number of para-hydroxylation sites is 2. The predicted octanol–water partition coefficient (Wildman–Crippen LogP) is 2.53. The van der Waals surface area contributed by atoms with Crippen LogP contribution < -0.4 is 15.9 Å². The molecule has 0 bridgehead atoms. The second-order valence-corrected chi connectivity index (χ2v) is 6.07. The second-order valence-electron chi connectivity index (χ2n) is 4.90. The number of rotatable bonds is 5. The summed E-state index contributed by atoms with van der Waals surface area (Å²) in [7, 11) is 0. The summed E-state index contributed by atoms with van der Waals surface area (Å²) < 4.78 is 1.73. The van der Waals surface area contributed by atoms with Gasteiger partial charge in [-0.25, -0.2) is 0 Å². The number of hydrogen-bond donors (Lipinski definition) is 2. The number of nitrogens with two attached hydrogens (primary N) is 1. The second kappa shape index (κ2) is 6.58. The van der Waals surface area contributed by atoms with Gasteiger partial charge in [0.2, 0.25) is 5.91 Å². The summed E-state index contributed by atoms with van der Waals surface area (Å²) in [5.74, 6) is -0.0921. The van der Waals surface area contributed by atoms with Gasteiger partial charge in [-0.3, -0.25) is 9.59 Å². The van der Waals surface area contributed by atoms with E-state index in [9.17, 15) is 9.59 Å². The van der Waals surface area contributed by atoms with Gasteiger partial charge in [-0.1, -0.05) is 23.5 Å². The first-order valence-electron chi connectivity index (χ1n) is 6.80. The van der Waals surface area contributed by atoms with Crippen molar-refractivity contribution >= 4 is 28.6 Å². The third kappa shape index (κ3) is 3.72. The molecule has 1 heterocycles. The summed E-state index contributed by atoms with van der Waals surface area (Å²) in [5.41, 5.74) is 7.93. The molecule has 2 aromatic rings. The van der Waals surface area contributed by atoms with Crippen LogP contribution in [-0.4, -0.2) is 10.5 Å². The van der Waals surface area contributed by atoms with Gasteiger partial charge in [0.15, 0.2) is 0 Å². The third-order valence-corrected chi connectivity index (χ3v) is 4.39. The molecular formula is C15H19N3O2S. The van der Waals surface area contributed by atoms with E-state index in [1.807, 2.05) is 26.0 Å². The van der Waals surface area contributed by atoms with Crippen molar-refractivity contribution in [2.75, 3.05) is 11.1 Å². The molecule has 3 N–H and O–H groups in total. The number of anilines is 2. The Bertz CT molecular complexity index is 703. The maximum absolute atomic E-state index is 11.9. The Hall–Kier alpha value is -2.08. The van der Waals surface area contributed by atoms with Crippen molar-refractivity contribution in [3.63, 3.8) is 0 Å². The Morgan fingerprint density at radius 1 is 1.33 bits per heavy atom. The van der Waals surface area contributed by atoms with E-state index in [0.29, 0.717) is 30.8 Å². The summed E-state index contributed by atoms with van der Waals surface area (Å²) in [6.45, 7) is 4.42. The Morgan fingerprint density at radius 3 is 2.67 bits per heavy atom. The molecule has 0 aliphatic rings. The van der Waals surface area contributed by atoms with Crippen LogP contribution in [0.25, 0.3) is 0 Å². The number of carbonyl (C=O) groups excluding carboxylic acids is 1.